The number of hydrogen-bond donors (Lipinski definition) is 1. The zero-order chi connectivity index (χ0) is 35.6. The third kappa shape index (κ3) is 7.08. The first-order valence-electron chi connectivity index (χ1n) is 17.9. The van der Waals surface area contributed by atoms with E-state index in [1.54, 1.807) is 25.0 Å². The molecule has 2 saturated heterocycles. The number of nitrogens with one attached hydrogen (secondary N) is 1. The zero-order valence-electron chi connectivity index (χ0n) is 29.9. The molecule has 3 heterocycles. The van der Waals surface area contributed by atoms with Crippen molar-refractivity contribution in [2.75, 3.05) is 33.4 Å². The van der Waals surface area contributed by atoms with E-state index < -0.39 is 29.7 Å². The summed E-state index contributed by atoms with van der Waals surface area (Å²) in [5.41, 5.74) is 0.821. The minimum Gasteiger partial charge on any atom is -0.497 e. The number of pyridine rings is 1. The first kappa shape index (κ1) is 35.4. The maximum Gasteiger partial charge on any atom is 0.332 e. The molecule has 10 heteroatoms. The van der Waals surface area contributed by atoms with E-state index in [0.29, 0.717) is 23.4 Å². The van der Waals surface area contributed by atoms with Crippen LogP contribution in [0.15, 0.2) is 67.3 Å². The van der Waals surface area contributed by atoms with Crippen LogP contribution in [0, 0.1) is 11.3 Å². The third-order valence-corrected chi connectivity index (χ3v) is 10.3. The summed E-state index contributed by atoms with van der Waals surface area (Å²) < 4.78 is 17.7. The molecule has 3 aliphatic rings. The number of carbonyl (C=O) groups is 3. The summed E-state index contributed by atoms with van der Waals surface area (Å²) in [6, 6.07) is 16.2. The Hall–Kier alpha value is -4.44. The minimum atomic E-state index is -1.18. The molecular weight excluding hydrogens is 632 g/mol. The molecule has 1 aliphatic carbocycles. The largest absolute Gasteiger partial charge is 0.497 e. The van der Waals surface area contributed by atoms with Crippen LogP contribution in [0.1, 0.15) is 59.8 Å². The second kappa shape index (κ2) is 14.4. The van der Waals surface area contributed by atoms with Crippen LogP contribution in [0.3, 0.4) is 0 Å². The number of piperidine rings is 1. The summed E-state index contributed by atoms with van der Waals surface area (Å²) in [5, 5.41) is 3.82. The molecule has 6 rings (SSSR count). The fraction of sp³-hybridized carbons (Fsp3) is 0.500. The smallest absolute Gasteiger partial charge is 0.332 e. The normalized spacial score (nSPS) is 24.3. The number of hydrogen-bond acceptors (Lipinski definition) is 8. The minimum absolute atomic E-state index is 0.0961. The van der Waals surface area contributed by atoms with Gasteiger partial charge in [0, 0.05) is 35.4 Å². The van der Waals surface area contributed by atoms with Crippen LogP contribution in [0.25, 0.3) is 22.2 Å². The molecule has 3 fully saturated rings. The van der Waals surface area contributed by atoms with E-state index in [1.807, 2.05) is 54.6 Å². The predicted octanol–water partition coefficient (Wildman–Crippen LogP) is 5.78. The molecule has 5 atom stereocenters. The van der Waals surface area contributed by atoms with E-state index in [9.17, 15) is 14.4 Å². The highest BCUT2D eigenvalue weighted by Crippen LogP contribution is 2.46. The van der Waals surface area contributed by atoms with E-state index in [2.05, 4.69) is 37.6 Å². The van der Waals surface area contributed by atoms with Crippen LogP contribution in [-0.4, -0.2) is 89.6 Å². The van der Waals surface area contributed by atoms with Crippen molar-refractivity contribution in [1.82, 2.24) is 20.1 Å². The summed E-state index contributed by atoms with van der Waals surface area (Å²) in [6.07, 6.45) is 5.06. The Kier molecular flexibility index (Phi) is 10.2. The Bertz CT molecular complexity index is 1730. The number of benzene rings is 2. The monoisotopic (exact) mass is 682 g/mol. The first-order chi connectivity index (χ1) is 24.0. The maximum atomic E-state index is 14.8. The second-order valence-corrected chi connectivity index (χ2v) is 14.8. The Morgan fingerprint density at radius 3 is 2.46 bits per heavy atom. The molecule has 0 bridgehead atoms. The van der Waals surface area contributed by atoms with Crippen LogP contribution < -0.4 is 14.8 Å². The van der Waals surface area contributed by atoms with Crippen molar-refractivity contribution < 1.29 is 28.6 Å². The van der Waals surface area contributed by atoms with E-state index in [4.69, 9.17) is 19.2 Å². The summed E-state index contributed by atoms with van der Waals surface area (Å²) in [7, 11) is 1.62. The van der Waals surface area contributed by atoms with Gasteiger partial charge in [-0.3, -0.25) is 14.5 Å². The lowest BCUT2D eigenvalue weighted by atomic mass is 9.83. The Labute approximate surface area is 295 Å². The SMILES string of the molecule is C=C[C@H]1C[C@]1(NC(=O)[C@@H]1C[C@@H](Oc2cc(-c3ccccc3)nc3cc(OC)ccc23)CN1C(=O)[C@@H](N1CCCCC1)C(C)(C)C)C(=O)OCC. The molecule has 3 aromatic rings. The van der Waals surface area contributed by atoms with Gasteiger partial charge in [-0.05, 0) is 56.8 Å². The number of esters is 1. The van der Waals surface area contributed by atoms with Gasteiger partial charge >= 0.3 is 5.97 Å². The predicted molar refractivity (Wildman–Crippen MR) is 193 cm³/mol. The zero-order valence-corrected chi connectivity index (χ0v) is 29.9. The Morgan fingerprint density at radius 1 is 1.08 bits per heavy atom. The van der Waals surface area contributed by atoms with Crippen LogP contribution in [0.4, 0.5) is 0 Å². The van der Waals surface area contributed by atoms with E-state index in [1.165, 1.54) is 0 Å². The fourth-order valence-corrected chi connectivity index (χ4v) is 7.68. The van der Waals surface area contributed by atoms with Crippen molar-refractivity contribution in [3.05, 3.63) is 67.3 Å². The van der Waals surface area contributed by atoms with Gasteiger partial charge < -0.3 is 24.4 Å². The Morgan fingerprint density at radius 2 is 1.82 bits per heavy atom. The van der Waals surface area contributed by atoms with E-state index in [0.717, 1.165) is 49.0 Å². The lowest BCUT2D eigenvalue weighted by molar-refractivity contribution is -0.151. The average Bonchev–Trinajstić information content (AvgIpc) is 3.66. The van der Waals surface area contributed by atoms with Gasteiger partial charge in [-0.25, -0.2) is 9.78 Å². The Balaban J connectivity index is 1.35. The highest BCUT2D eigenvalue weighted by Gasteiger charge is 2.62. The molecule has 1 aromatic heterocycles. The molecule has 0 spiro atoms. The quantitative estimate of drug-likeness (QED) is 0.200. The standard InChI is InChI=1S/C40H50N4O6/c1-7-27-24-40(27,38(47)49-8-2)42-36(45)33-22-29(25-44(33)37(46)35(39(3,4)5)43-19-13-10-14-20-43)50-34-23-31(26-15-11-9-12-16-26)41-32-21-28(48-6)17-18-30(32)34/h7,9,11-12,15-18,21,23,27,29,33,35H,1,8,10,13-14,19-20,22,24-25H2,2-6H3,(H,42,45)/t27-,29+,33-,35+,40+/m0/s1. The summed E-state index contributed by atoms with van der Waals surface area (Å²) in [4.78, 5) is 51.1. The molecular formula is C40H50N4O6. The molecule has 2 amide bonds. The van der Waals surface area contributed by atoms with Gasteiger partial charge in [0.25, 0.3) is 0 Å². The number of ether oxygens (including phenoxy) is 3. The number of fused-ring (bicyclic) bond motifs is 1. The molecule has 50 heavy (non-hydrogen) atoms. The molecule has 0 unspecified atom stereocenters. The van der Waals surface area contributed by atoms with E-state index >= 15 is 0 Å². The van der Waals surface area contributed by atoms with Crippen molar-refractivity contribution in [3.63, 3.8) is 0 Å². The number of likely N-dealkylation sites (tertiary alicyclic amines) is 2. The summed E-state index contributed by atoms with van der Waals surface area (Å²) in [6.45, 7) is 13.9. The summed E-state index contributed by atoms with van der Waals surface area (Å²) in [5.74, 6) is 0.0825. The summed E-state index contributed by atoms with van der Waals surface area (Å²) >= 11 is 0. The van der Waals surface area contributed by atoms with Crippen LogP contribution in [0.5, 0.6) is 11.5 Å². The van der Waals surface area contributed by atoms with Crippen LogP contribution >= 0.6 is 0 Å². The molecule has 2 aliphatic heterocycles. The van der Waals surface area contributed by atoms with Gasteiger partial charge in [-0.2, -0.15) is 0 Å². The van der Waals surface area contributed by atoms with Crippen LogP contribution in [-0.2, 0) is 19.1 Å². The van der Waals surface area contributed by atoms with Gasteiger partial charge in [-0.15, -0.1) is 6.58 Å². The van der Waals surface area contributed by atoms with Gasteiger partial charge in [0.1, 0.15) is 29.2 Å². The van der Waals surface area contributed by atoms with Crippen molar-refractivity contribution in [2.24, 2.45) is 11.3 Å². The van der Waals surface area contributed by atoms with Crippen molar-refractivity contribution in [1.29, 1.82) is 0 Å². The number of aromatic nitrogens is 1. The molecule has 1 N–H and O–H groups in total. The highest BCUT2D eigenvalue weighted by atomic mass is 16.5. The first-order valence-corrected chi connectivity index (χ1v) is 17.9. The maximum absolute atomic E-state index is 14.8. The number of nitrogens with zero attached hydrogens (tertiary/aromatic N) is 3. The lowest BCUT2D eigenvalue weighted by Gasteiger charge is -2.43. The highest BCUT2D eigenvalue weighted by molar-refractivity contribution is 5.96. The van der Waals surface area contributed by atoms with Gasteiger partial charge in [0.05, 0.1) is 37.5 Å². The topological polar surface area (TPSA) is 110 Å². The van der Waals surface area contributed by atoms with Crippen molar-refractivity contribution in [3.8, 4) is 22.8 Å². The second-order valence-electron chi connectivity index (χ2n) is 14.8. The van der Waals surface area contributed by atoms with Crippen molar-refractivity contribution >= 4 is 28.7 Å². The third-order valence-electron chi connectivity index (χ3n) is 10.3. The number of methoxy groups -OCH3 is 1. The average molecular weight is 683 g/mol. The number of carbonyl (C=O) groups excluding carboxylic acids is 3. The number of rotatable bonds is 11. The van der Waals surface area contributed by atoms with Gasteiger partial charge in [0.2, 0.25) is 11.8 Å². The van der Waals surface area contributed by atoms with E-state index in [-0.39, 0.29) is 42.7 Å². The fourth-order valence-electron chi connectivity index (χ4n) is 7.68. The molecule has 10 nitrogen and oxygen atoms in total. The molecule has 266 valence electrons. The molecule has 1 saturated carbocycles. The molecule has 0 radical (unpaired) electrons. The lowest BCUT2D eigenvalue weighted by Crippen LogP contribution is -2.60. The van der Waals surface area contributed by atoms with Crippen LogP contribution in [0.2, 0.25) is 0 Å². The van der Waals surface area contributed by atoms with Gasteiger partial charge in [-0.1, -0.05) is 63.6 Å². The molecule has 2 aromatic carbocycles. The van der Waals surface area contributed by atoms with Gasteiger partial charge in [0.15, 0.2) is 0 Å². The number of amides is 2. The van der Waals surface area contributed by atoms with Crippen molar-refractivity contribution in [2.45, 2.75) is 83.5 Å².